The summed E-state index contributed by atoms with van der Waals surface area (Å²) in [5.41, 5.74) is 0.655. The zero-order valence-electron chi connectivity index (χ0n) is 13.9. The summed E-state index contributed by atoms with van der Waals surface area (Å²) < 4.78 is 5.83. The lowest BCUT2D eigenvalue weighted by molar-refractivity contribution is 0.0438. The van der Waals surface area contributed by atoms with E-state index in [1.54, 1.807) is 0 Å². The summed E-state index contributed by atoms with van der Waals surface area (Å²) in [6.07, 6.45) is -0.263. The number of aliphatic hydroxyl groups excluding tert-OH is 2. The standard InChI is InChI=1S/C16H26N2O3.2ClH/c1-11(2)17-9-16(7-13(19)14(20)8-16)10-21-15-6-4-5-12(3)18-15;;/h4-6,11,13-14,17,19-20H,7-10H2,1-3H3;2*1H/t13-,14+,16?;;. The van der Waals surface area contributed by atoms with Crippen LogP contribution in [0.3, 0.4) is 0 Å². The van der Waals surface area contributed by atoms with Gasteiger partial charge in [0.15, 0.2) is 0 Å². The van der Waals surface area contributed by atoms with Crippen LogP contribution in [0.15, 0.2) is 18.2 Å². The normalized spacial score (nSPS) is 26.5. The zero-order chi connectivity index (χ0) is 15.5. The van der Waals surface area contributed by atoms with Crippen molar-refractivity contribution < 1.29 is 14.9 Å². The van der Waals surface area contributed by atoms with E-state index in [2.05, 4.69) is 24.1 Å². The summed E-state index contributed by atoms with van der Waals surface area (Å²) in [5.74, 6) is 0.592. The quantitative estimate of drug-likeness (QED) is 0.718. The first-order valence-corrected chi connectivity index (χ1v) is 7.56. The minimum Gasteiger partial charge on any atom is -0.477 e. The molecule has 5 nitrogen and oxygen atoms in total. The van der Waals surface area contributed by atoms with Crippen molar-refractivity contribution in [3.63, 3.8) is 0 Å². The van der Waals surface area contributed by atoms with Gasteiger partial charge in [-0.3, -0.25) is 0 Å². The highest BCUT2D eigenvalue weighted by Crippen LogP contribution is 2.38. The van der Waals surface area contributed by atoms with Crippen LogP contribution in [0.1, 0.15) is 32.4 Å². The molecule has 1 aliphatic carbocycles. The number of hydrogen-bond donors (Lipinski definition) is 3. The highest BCUT2D eigenvalue weighted by atomic mass is 35.5. The Balaban J connectivity index is 0.00000242. The molecule has 0 radical (unpaired) electrons. The molecule has 1 unspecified atom stereocenters. The molecule has 0 saturated heterocycles. The molecule has 3 N–H and O–H groups in total. The topological polar surface area (TPSA) is 74.6 Å². The molecule has 1 aliphatic rings. The van der Waals surface area contributed by atoms with Crippen LogP contribution >= 0.6 is 24.8 Å². The Bertz CT molecular complexity index is 464. The van der Waals surface area contributed by atoms with Crippen LogP contribution < -0.4 is 10.1 Å². The van der Waals surface area contributed by atoms with Crippen LogP contribution in [0, 0.1) is 12.3 Å². The van der Waals surface area contributed by atoms with Crippen LogP contribution in [-0.2, 0) is 0 Å². The van der Waals surface area contributed by atoms with Crippen molar-refractivity contribution >= 4 is 24.8 Å². The number of nitrogens with zero attached hydrogens (tertiary/aromatic N) is 1. The molecule has 2 rings (SSSR count). The van der Waals surface area contributed by atoms with E-state index in [1.165, 1.54) is 0 Å². The van der Waals surface area contributed by atoms with Crippen LogP contribution in [0.5, 0.6) is 5.88 Å². The van der Waals surface area contributed by atoms with Gasteiger partial charge in [-0.15, -0.1) is 24.8 Å². The molecule has 7 heteroatoms. The van der Waals surface area contributed by atoms with Gasteiger partial charge in [0.05, 0.1) is 18.8 Å². The van der Waals surface area contributed by atoms with Crippen molar-refractivity contribution in [1.29, 1.82) is 0 Å². The summed E-state index contributed by atoms with van der Waals surface area (Å²) in [6.45, 7) is 7.24. The molecule has 134 valence electrons. The van der Waals surface area contributed by atoms with Gasteiger partial charge in [-0.05, 0) is 25.8 Å². The van der Waals surface area contributed by atoms with Crippen LogP contribution in [0.2, 0.25) is 0 Å². The highest BCUT2D eigenvalue weighted by Gasteiger charge is 2.44. The molecule has 0 spiro atoms. The Morgan fingerprint density at radius 1 is 1.26 bits per heavy atom. The molecular weight excluding hydrogens is 339 g/mol. The Hall–Kier alpha value is -0.590. The van der Waals surface area contributed by atoms with Gasteiger partial charge in [-0.1, -0.05) is 19.9 Å². The Labute approximate surface area is 150 Å². The average Bonchev–Trinajstić information content (AvgIpc) is 2.71. The molecule has 1 fully saturated rings. The second-order valence-corrected chi connectivity index (χ2v) is 6.48. The summed E-state index contributed by atoms with van der Waals surface area (Å²) >= 11 is 0. The van der Waals surface area contributed by atoms with Crippen molar-refractivity contribution in [1.82, 2.24) is 10.3 Å². The zero-order valence-corrected chi connectivity index (χ0v) is 15.5. The van der Waals surface area contributed by atoms with E-state index >= 15 is 0 Å². The molecule has 3 atom stereocenters. The molecule has 0 aliphatic heterocycles. The molecule has 0 aromatic carbocycles. The number of aryl methyl sites for hydroxylation is 1. The molecule has 1 saturated carbocycles. The van der Waals surface area contributed by atoms with E-state index < -0.39 is 12.2 Å². The van der Waals surface area contributed by atoms with E-state index in [1.807, 2.05) is 25.1 Å². The molecule has 1 heterocycles. The van der Waals surface area contributed by atoms with Gasteiger partial charge < -0.3 is 20.3 Å². The predicted octanol–water partition coefficient (Wildman–Crippen LogP) is 2.11. The maximum Gasteiger partial charge on any atom is 0.213 e. The summed E-state index contributed by atoms with van der Waals surface area (Å²) in [6, 6.07) is 6.02. The Morgan fingerprint density at radius 3 is 2.39 bits per heavy atom. The van der Waals surface area contributed by atoms with Gasteiger partial charge in [-0.2, -0.15) is 0 Å². The van der Waals surface area contributed by atoms with Crippen LogP contribution in [0.25, 0.3) is 0 Å². The fourth-order valence-corrected chi connectivity index (χ4v) is 2.80. The van der Waals surface area contributed by atoms with Gasteiger partial charge in [0.25, 0.3) is 0 Å². The first-order chi connectivity index (χ1) is 9.90. The van der Waals surface area contributed by atoms with Gasteiger partial charge in [0.1, 0.15) is 0 Å². The van der Waals surface area contributed by atoms with Crippen molar-refractivity contribution in [2.45, 2.75) is 51.9 Å². The second kappa shape index (κ2) is 9.64. The molecule has 1 aromatic heterocycles. The number of aromatic nitrogens is 1. The number of nitrogens with one attached hydrogen (secondary N) is 1. The summed E-state index contributed by atoms with van der Waals surface area (Å²) in [5, 5.41) is 23.2. The van der Waals surface area contributed by atoms with Crippen molar-refractivity contribution in [2.75, 3.05) is 13.2 Å². The maximum atomic E-state index is 9.89. The second-order valence-electron chi connectivity index (χ2n) is 6.48. The minimum atomic E-state index is -0.673. The van der Waals surface area contributed by atoms with Crippen LogP contribution in [-0.4, -0.2) is 46.6 Å². The predicted molar refractivity (Wildman–Crippen MR) is 95.8 cm³/mol. The fourth-order valence-electron chi connectivity index (χ4n) is 2.80. The van der Waals surface area contributed by atoms with E-state index in [9.17, 15) is 10.2 Å². The molecule has 0 bridgehead atoms. The minimum absolute atomic E-state index is 0. The van der Waals surface area contributed by atoms with Gasteiger partial charge in [0, 0.05) is 29.8 Å². The first-order valence-electron chi connectivity index (χ1n) is 7.56. The van der Waals surface area contributed by atoms with E-state index in [0.29, 0.717) is 37.9 Å². The number of halogens is 2. The SMILES string of the molecule is Cc1cccc(OCC2(CNC(C)C)C[C@@H](O)[C@@H](O)C2)n1.Cl.Cl. The number of aliphatic hydroxyl groups is 2. The van der Waals surface area contributed by atoms with E-state index in [-0.39, 0.29) is 30.2 Å². The van der Waals surface area contributed by atoms with Crippen molar-refractivity contribution in [3.8, 4) is 5.88 Å². The van der Waals surface area contributed by atoms with E-state index in [0.717, 1.165) is 5.69 Å². The summed E-state index contributed by atoms with van der Waals surface area (Å²) in [4.78, 5) is 4.33. The Morgan fingerprint density at radius 2 is 1.87 bits per heavy atom. The third-order valence-corrected chi connectivity index (χ3v) is 4.00. The fraction of sp³-hybridized carbons (Fsp3) is 0.688. The molecule has 0 amide bonds. The number of hydrogen-bond acceptors (Lipinski definition) is 5. The number of rotatable bonds is 6. The molecule has 23 heavy (non-hydrogen) atoms. The van der Waals surface area contributed by atoms with Crippen molar-refractivity contribution in [3.05, 3.63) is 23.9 Å². The van der Waals surface area contributed by atoms with Gasteiger partial charge >= 0.3 is 0 Å². The van der Waals surface area contributed by atoms with Crippen molar-refractivity contribution in [2.24, 2.45) is 5.41 Å². The van der Waals surface area contributed by atoms with Crippen LogP contribution in [0.4, 0.5) is 0 Å². The lowest BCUT2D eigenvalue weighted by Gasteiger charge is -2.30. The maximum absolute atomic E-state index is 9.89. The third-order valence-electron chi connectivity index (χ3n) is 4.00. The number of pyridine rings is 1. The first kappa shape index (κ1) is 22.4. The third kappa shape index (κ3) is 6.43. The smallest absolute Gasteiger partial charge is 0.213 e. The Kier molecular flexibility index (Phi) is 9.40. The lowest BCUT2D eigenvalue weighted by atomic mass is 9.86. The lowest BCUT2D eigenvalue weighted by Crippen LogP contribution is -2.40. The monoisotopic (exact) mass is 366 g/mol. The number of ether oxygens (including phenoxy) is 1. The molecular formula is C16H28Cl2N2O3. The largest absolute Gasteiger partial charge is 0.477 e. The highest BCUT2D eigenvalue weighted by molar-refractivity contribution is 5.85. The summed E-state index contributed by atoms with van der Waals surface area (Å²) in [7, 11) is 0. The van der Waals surface area contributed by atoms with E-state index in [4.69, 9.17) is 4.74 Å². The van der Waals surface area contributed by atoms with Gasteiger partial charge in [-0.25, -0.2) is 4.98 Å². The van der Waals surface area contributed by atoms with Gasteiger partial charge in [0.2, 0.25) is 5.88 Å². The molecule has 1 aromatic rings. The average molecular weight is 367 g/mol.